The zero-order valence-corrected chi connectivity index (χ0v) is 21.9. The van der Waals surface area contributed by atoms with Gasteiger partial charge in [-0.1, -0.05) is 60.7 Å². The topological polar surface area (TPSA) is 80.7 Å². The van der Waals surface area contributed by atoms with Crippen LogP contribution in [0.4, 0.5) is 5.69 Å². The van der Waals surface area contributed by atoms with Gasteiger partial charge in [-0.3, -0.25) is 24.8 Å². The van der Waals surface area contributed by atoms with Gasteiger partial charge in [-0.05, 0) is 66.6 Å². The minimum absolute atomic E-state index is 0.0485. The van der Waals surface area contributed by atoms with E-state index in [1.54, 1.807) is 17.0 Å². The minimum Gasteiger partial charge on any atom is -0.318 e. The standard InChI is InChI=1S/C30H26N4O3S/c1-21-17-25(22(2)33(21)26-13-15-27(16-14-26)34(36)37)18-28-29(35)32(20-24-11-7-4-8-12-24)30(38-28)31-19-23-9-5-3-6-10-23/h3-18H,19-20H2,1-2H3. The van der Waals surface area contributed by atoms with Crippen LogP contribution >= 0.6 is 11.8 Å². The van der Waals surface area contributed by atoms with Crippen molar-refractivity contribution in [1.29, 1.82) is 0 Å². The number of hydrogen-bond donors (Lipinski definition) is 0. The number of non-ortho nitro benzene ring substituents is 1. The Morgan fingerprint density at radius 1 is 0.921 bits per heavy atom. The number of thioether (sulfide) groups is 1. The van der Waals surface area contributed by atoms with Crippen molar-refractivity contribution in [3.63, 3.8) is 0 Å². The molecule has 1 fully saturated rings. The molecule has 190 valence electrons. The van der Waals surface area contributed by atoms with Crippen LogP contribution in [0.2, 0.25) is 0 Å². The lowest BCUT2D eigenvalue weighted by Crippen LogP contribution is -2.28. The lowest BCUT2D eigenvalue weighted by atomic mass is 10.2. The molecule has 2 heterocycles. The molecule has 0 bridgehead atoms. The molecule has 0 unspecified atom stereocenters. The number of aromatic nitrogens is 1. The van der Waals surface area contributed by atoms with Crippen molar-refractivity contribution in [3.05, 3.63) is 134 Å². The number of aryl methyl sites for hydroxylation is 1. The van der Waals surface area contributed by atoms with Gasteiger partial charge in [-0.2, -0.15) is 0 Å². The van der Waals surface area contributed by atoms with Crippen molar-refractivity contribution in [3.8, 4) is 5.69 Å². The van der Waals surface area contributed by atoms with E-state index in [1.165, 1.54) is 23.9 Å². The van der Waals surface area contributed by atoms with Gasteiger partial charge in [0, 0.05) is 29.2 Å². The maximum atomic E-state index is 13.6. The van der Waals surface area contributed by atoms with Crippen molar-refractivity contribution in [2.75, 3.05) is 0 Å². The average Bonchev–Trinajstić information content (AvgIpc) is 3.38. The highest BCUT2D eigenvalue weighted by atomic mass is 32.2. The molecule has 8 heteroatoms. The molecule has 3 aromatic carbocycles. The Hall–Kier alpha value is -4.43. The fourth-order valence-corrected chi connectivity index (χ4v) is 5.44. The first-order chi connectivity index (χ1) is 18.4. The van der Waals surface area contributed by atoms with E-state index >= 15 is 0 Å². The zero-order valence-electron chi connectivity index (χ0n) is 21.1. The molecule has 1 saturated heterocycles. The predicted molar refractivity (Wildman–Crippen MR) is 152 cm³/mol. The summed E-state index contributed by atoms with van der Waals surface area (Å²) < 4.78 is 2.03. The fraction of sp³-hybridized carbons (Fsp3) is 0.133. The monoisotopic (exact) mass is 522 g/mol. The van der Waals surface area contributed by atoms with E-state index in [1.807, 2.05) is 91.2 Å². The highest BCUT2D eigenvalue weighted by Gasteiger charge is 2.33. The largest absolute Gasteiger partial charge is 0.318 e. The predicted octanol–water partition coefficient (Wildman–Crippen LogP) is 6.68. The summed E-state index contributed by atoms with van der Waals surface area (Å²) in [6, 6.07) is 28.4. The number of benzene rings is 3. The van der Waals surface area contributed by atoms with E-state index in [4.69, 9.17) is 4.99 Å². The Bertz CT molecular complexity index is 1540. The Labute approximate surface area is 225 Å². The van der Waals surface area contributed by atoms with E-state index in [9.17, 15) is 14.9 Å². The summed E-state index contributed by atoms with van der Waals surface area (Å²) in [6.45, 7) is 4.90. The van der Waals surface area contributed by atoms with Crippen molar-refractivity contribution in [2.24, 2.45) is 4.99 Å². The zero-order chi connectivity index (χ0) is 26.6. The second-order valence-electron chi connectivity index (χ2n) is 9.01. The second kappa shape index (κ2) is 10.9. The van der Waals surface area contributed by atoms with Crippen molar-refractivity contribution in [1.82, 2.24) is 9.47 Å². The van der Waals surface area contributed by atoms with E-state index in [0.29, 0.717) is 23.2 Å². The van der Waals surface area contributed by atoms with Crippen molar-refractivity contribution < 1.29 is 9.72 Å². The van der Waals surface area contributed by atoms with Crippen LogP contribution in [0.25, 0.3) is 11.8 Å². The maximum Gasteiger partial charge on any atom is 0.269 e. The van der Waals surface area contributed by atoms with Gasteiger partial charge in [-0.15, -0.1) is 0 Å². The van der Waals surface area contributed by atoms with Crippen LogP contribution in [0.5, 0.6) is 0 Å². The molecule has 0 N–H and O–H groups in total. The third-order valence-electron chi connectivity index (χ3n) is 6.39. The van der Waals surface area contributed by atoms with Gasteiger partial charge in [0.05, 0.1) is 22.9 Å². The molecule has 0 radical (unpaired) electrons. The number of hydrogen-bond acceptors (Lipinski definition) is 5. The number of rotatable bonds is 7. The smallest absolute Gasteiger partial charge is 0.269 e. The molecule has 5 rings (SSSR count). The Kier molecular flexibility index (Phi) is 7.24. The minimum atomic E-state index is -0.407. The first kappa shape index (κ1) is 25.2. The number of amidine groups is 1. The van der Waals surface area contributed by atoms with Gasteiger partial charge in [-0.25, -0.2) is 0 Å². The molecule has 4 aromatic rings. The number of nitro groups is 1. The van der Waals surface area contributed by atoms with Crippen LogP contribution < -0.4 is 0 Å². The number of carbonyl (C=O) groups excluding carboxylic acids is 1. The molecule has 1 aliphatic rings. The van der Waals surface area contributed by atoms with E-state index in [-0.39, 0.29) is 11.6 Å². The second-order valence-corrected chi connectivity index (χ2v) is 10.0. The van der Waals surface area contributed by atoms with Gasteiger partial charge in [0.15, 0.2) is 5.17 Å². The lowest BCUT2D eigenvalue weighted by Gasteiger charge is -2.15. The third-order valence-corrected chi connectivity index (χ3v) is 7.43. The molecular formula is C30H26N4O3S. The molecule has 38 heavy (non-hydrogen) atoms. The van der Waals surface area contributed by atoms with Gasteiger partial charge in [0.25, 0.3) is 11.6 Å². The number of nitro benzene ring substituents is 1. The Morgan fingerprint density at radius 2 is 1.55 bits per heavy atom. The normalized spacial score (nSPS) is 15.5. The van der Waals surface area contributed by atoms with Gasteiger partial charge >= 0.3 is 0 Å². The molecule has 0 aliphatic carbocycles. The van der Waals surface area contributed by atoms with Crippen LogP contribution in [0, 0.1) is 24.0 Å². The molecule has 1 aromatic heterocycles. The highest BCUT2D eigenvalue weighted by molar-refractivity contribution is 8.18. The SMILES string of the molecule is Cc1cc(C=C2SC(=NCc3ccccc3)N(Cc3ccccc3)C2=O)c(C)n1-c1ccc([N+](=O)[O-])cc1. The van der Waals surface area contributed by atoms with Crippen LogP contribution in [0.1, 0.15) is 28.1 Å². The molecule has 1 aliphatic heterocycles. The fourth-order valence-electron chi connectivity index (χ4n) is 4.47. The molecule has 0 saturated carbocycles. The summed E-state index contributed by atoms with van der Waals surface area (Å²) in [5.74, 6) is -0.0780. The van der Waals surface area contributed by atoms with E-state index in [2.05, 4.69) is 0 Å². The molecular weight excluding hydrogens is 496 g/mol. The summed E-state index contributed by atoms with van der Waals surface area (Å²) in [7, 11) is 0. The molecule has 1 amide bonds. The lowest BCUT2D eigenvalue weighted by molar-refractivity contribution is -0.384. The number of amides is 1. The maximum absolute atomic E-state index is 13.6. The number of nitrogens with zero attached hydrogens (tertiary/aromatic N) is 4. The number of carbonyl (C=O) groups is 1. The van der Waals surface area contributed by atoms with E-state index in [0.717, 1.165) is 33.8 Å². The van der Waals surface area contributed by atoms with Crippen LogP contribution in [-0.4, -0.2) is 25.5 Å². The number of aliphatic imine (C=N–C) groups is 1. The van der Waals surface area contributed by atoms with Crippen molar-refractivity contribution >= 4 is 34.6 Å². The Morgan fingerprint density at radius 3 is 2.18 bits per heavy atom. The van der Waals surface area contributed by atoms with Crippen LogP contribution in [-0.2, 0) is 17.9 Å². The summed E-state index contributed by atoms with van der Waals surface area (Å²) in [6.07, 6.45) is 1.92. The van der Waals surface area contributed by atoms with Crippen LogP contribution in [0.15, 0.2) is 101 Å². The summed E-state index contributed by atoms with van der Waals surface area (Å²) in [5, 5.41) is 11.7. The van der Waals surface area contributed by atoms with Gasteiger partial charge < -0.3 is 4.57 Å². The first-order valence-electron chi connectivity index (χ1n) is 12.2. The molecule has 0 spiro atoms. The van der Waals surface area contributed by atoms with Gasteiger partial charge in [0.2, 0.25) is 0 Å². The quantitative estimate of drug-likeness (QED) is 0.154. The summed E-state index contributed by atoms with van der Waals surface area (Å²) >= 11 is 1.39. The van der Waals surface area contributed by atoms with E-state index < -0.39 is 4.92 Å². The van der Waals surface area contributed by atoms with Crippen molar-refractivity contribution in [2.45, 2.75) is 26.9 Å². The summed E-state index contributed by atoms with van der Waals surface area (Å²) in [5.41, 5.74) is 5.83. The first-order valence-corrected chi connectivity index (χ1v) is 13.0. The molecule has 7 nitrogen and oxygen atoms in total. The van der Waals surface area contributed by atoms with Crippen LogP contribution in [0.3, 0.4) is 0 Å². The highest BCUT2D eigenvalue weighted by Crippen LogP contribution is 2.35. The average molecular weight is 523 g/mol. The third kappa shape index (κ3) is 5.31. The van der Waals surface area contributed by atoms with Gasteiger partial charge in [0.1, 0.15) is 0 Å². The molecule has 0 atom stereocenters. The Balaban J connectivity index is 1.47. The summed E-state index contributed by atoms with van der Waals surface area (Å²) in [4.78, 5) is 31.4.